The van der Waals surface area contributed by atoms with Crippen LogP contribution in [0.15, 0.2) is 30.5 Å². The Balaban J connectivity index is 1.93. The summed E-state index contributed by atoms with van der Waals surface area (Å²) < 4.78 is 5.44. The summed E-state index contributed by atoms with van der Waals surface area (Å²) >= 11 is 6.17. The first-order chi connectivity index (χ1) is 10.2. The maximum atomic E-state index is 6.17. The normalized spacial score (nSPS) is 17.2. The molecule has 2 aromatic rings. The quantitative estimate of drug-likeness (QED) is 0.903. The molecule has 0 bridgehead atoms. The Kier molecular flexibility index (Phi) is 4.02. The second-order valence-electron chi connectivity index (χ2n) is 5.44. The van der Waals surface area contributed by atoms with Gasteiger partial charge in [0.2, 0.25) is 0 Å². The van der Waals surface area contributed by atoms with Crippen LogP contribution in [0.25, 0.3) is 0 Å². The molecule has 4 heteroatoms. The van der Waals surface area contributed by atoms with Crippen LogP contribution in [0.2, 0.25) is 5.02 Å². The summed E-state index contributed by atoms with van der Waals surface area (Å²) in [6, 6.07) is 8.30. The Morgan fingerprint density at radius 1 is 1.38 bits per heavy atom. The fourth-order valence-electron chi connectivity index (χ4n) is 2.88. The van der Waals surface area contributed by atoms with Crippen molar-refractivity contribution in [3.63, 3.8) is 0 Å². The molecular weight excluding hydrogens is 284 g/mol. The van der Waals surface area contributed by atoms with E-state index in [1.807, 2.05) is 31.3 Å². The Morgan fingerprint density at radius 3 is 3.05 bits per heavy atom. The first kappa shape index (κ1) is 14.2. The number of aryl methyl sites for hydroxylation is 2. The summed E-state index contributed by atoms with van der Waals surface area (Å²) in [5.41, 5.74) is 4.50. The van der Waals surface area contributed by atoms with Crippen molar-refractivity contribution in [3.05, 3.63) is 52.3 Å². The molecule has 0 fully saturated rings. The standard InChI is InChI=1S/C17H19ClN2O/c1-11-9-15(16(21-2)10-13(11)18)20-14-7-3-5-12-6-4-8-19-17(12)14/h4,6,8-10,14,20H,3,5,7H2,1-2H3. The van der Waals surface area contributed by atoms with Crippen LogP contribution in [-0.4, -0.2) is 12.1 Å². The largest absolute Gasteiger partial charge is 0.495 e. The predicted molar refractivity (Wildman–Crippen MR) is 86.3 cm³/mol. The molecule has 110 valence electrons. The Morgan fingerprint density at radius 2 is 2.24 bits per heavy atom. The number of benzene rings is 1. The van der Waals surface area contributed by atoms with E-state index in [2.05, 4.69) is 16.4 Å². The maximum absolute atomic E-state index is 6.17. The number of anilines is 1. The van der Waals surface area contributed by atoms with Gasteiger partial charge in [-0.3, -0.25) is 4.98 Å². The van der Waals surface area contributed by atoms with Crippen LogP contribution in [-0.2, 0) is 6.42 Å². The predicted octanol–water partition coefficient (Wildman–Crippen LogP) is 4.54. The van der Waals surface area contributed by atoms with Gasteiger partial charge in [-0.15, -0.1) is 0 Å². The average molecular weight is 303 g/mol. The van der Waals surface area contributed by atoms with Crippen LogP contribution in [0.4, 0.5) is 5.69 Å². The molecule has 1 aliphatic carbocycles. The second kappa shape index (κ2) is 5.94. The minimum Gasteiger partial charge on any atom is -0.495 e. The molecule has 1 aromatic carbocycles. The van der Waals surface area contributed by atoms with Crippen molar-refractivity contribution >= 4 is 17.3 Å². The third-order valence-electron chi connectivity index (χ3n) is 4.01. The Bertz CT molecular complexity index is 657. The van der Waals surface area contributed by atoms with Crippen LogP contribution in [0.1, 0.15) is 35.7 Å². The number of aromatic nitrogens is 1. The van der Waals surface area contributed by atoms with E-state index in [4.69, 9.17) is 16.3 Å². The van der Waals surface area contributed by atoms with E-state index in [1.54, 1.807) is 7.11 Å². The van der Waals surface area contributed by atoms with Gasteiger partial charge in [0, 0.05) is 17.3 Å². The van der Waals surface area contributed by atoms with Crippen molar-refractivity contribution in [3.8, 4) is 5.75 Å². The lowest BCUT2D eigenvalue weighted by Crippen LogP contribution is -2.19. The number of rotatable bonds is 3. The van der Waals surface area contributed by atoms with Gasteiger partial charge in [-0.25, -0.2) is 0 Å². The first-order valence-electron chi connectivity index (χ1n) is 7.23. The molecule has 1 unspecified atom stereocenters. The van der Waals surface area contributed by atoms with Gasteiger partial charge in [0.15, 0.2) is 0 Å². The first-order valence-corrected chi connectivity index (χ1v) is 7.61. The molecule has 1 atom stereocenters. The van der Waals surface area contributed by atoms with Crippen molar-refractivity contribution in [2.45, 2.75) is 32.2 Å². The van der Waals surface area contributed by atoms with Crippen LogP contribution in [0, 0.1) is 6.92 Å². The molecular formula is C17H19ClN2O. The SMILES string of the molecule is COc1cc(Cl)c(C)cc1NC1CCCc2cccnc21. The van der Waals surface area contributed by atoms with E-state index in [9.17, 15) is 0 Å². The Labute approximate surface area is 130 Å². The van der Waals surface area contributed by atoms with Gasteiger partial charge in [-0.2, -0.15) is 0 Å². The Hall–Kier alpha value is -1.74. The summed E-state index contributed by atoms with van der Waals surface area (Å²) in [4.78, 5) is 4.56. The maximum Gasteiger partial charge on any atom is 0.143 e. The number of fused-ring (bicyclic) bond motifs is 1. The molecule has 1 N–H and O–H groups in total. The smallest absolute Gasteiger partial charge is 0.143 e. The molecule has 3 nitrogen and oxygen atoms in total. The van der Waals surface area contributed by atoms with E-state index in [0.717, 1.165) is 40.6 Å². The van der Waals surface area contributed by atoms with E-state index >= 15 is 0 Å². The van der Waals surface area contributed by atoms with Gasteiger partial charge in [0.25, 0.3) is 0 Å². The second-order valence-corrected chi connectivity index (χ2v) is 5.85. The van der Waals surface area contributed by atoms with Crippen molar-refractivity contribution in [2.75, 3.05) is 12.4 Å². The van der Waals surface area contributed by atoms with Crippen LogP contribution in [0.3, 0.4) is 0 Å². The highest BCUT2D eigenvalue weighted by molar-refractivity contribution is 6.31. The van der Waals surface area contributed by atoms with Gasteiger partial charge in [0.05, 0.1) is 24.5 Å². The summed E-state index contributed by atoms with van der Waals surface area (Å²) in [7, 11) is 1.67. The fraction of sp³-hybridized carbons (Fsp3) is 0.353. The molecule has 0 spiro atoms. The summed E-state index contributed by atoms with van der Waals surface area (Å²) in [5, 5.41) is 4.30. The fourth-order valence-corrected chi connectivity index (χ4v) is 3.04. The third-order valence-corrected chi connectivity index (χ3v) is 4.41. The lowest BCUT2D eigenvalue weighted by Gasteiger charge is -2.27. The molecule has 0 radical (unpaired) electrons. The minimum absolute atomic E-state index is 0.226. The van der Waals surface area contributed by atoms with Crippen molar-refractivity contribution in [1.82, 2.24) is 4.98 Å². The number of hydrogen-bond acceptors (Lipinski definition) is 3. The van der Waals surface area contributed by atoms with E-state index in [0.29, 0.717) is 0 Å². The lowest BCUT2D eigenvalue weighted by molar-refractivity contribution is 0.415. The number of halogens is 1. The molecule has 0 aliphatic heterocycles. The van der Waals surface area contributed by atoms with Crippen LogP contribution < -0.4 is 10.1 Å². The number of hydrogen-bond donors (Lipinski definition) is 1. The van der Waals surface area contributed by atoms with E-state index in [1.165, 1.54) is 12.0 Å². The molecule has 0 amide bonds. The summed E-state index contributed by atoms with van der Waals surface area (Å²) in [6.45, 7) is 2.00. The molecule has 1 aromatic heterocycles. The zero-order valence-electron chi connectivity index (χ0n) is 12.3. The number of pyridine rings is 1. The molecule has 21 heavy (non-hydrogen) atoms. The number of nitrogens with zero attached hydrogens (tertiary/aromatic N) is 1. The van der Waals surface area contributed by atoms with Crippen molar-refractivity contribution in [2.24, 2.45) is 0 Å². The van der Waals surface area contributed by atoms with Crippen LogP contribution in [0.5, 0.6) is 5.75 Å². The van der Waals surface area contributed by atoms with Gasteiger partial charge in [-0.1, -0.05) is 17.7 Å². The van der Waals surface area contributed by atoms with Crippen LogP contribution >= 0.6 is 11.6 Å². The van der Waals surface area contributed by atoms with Crippen molar-refractivity contribution < 1.29 is 4.74 Å². The van der Waals surface area contributed by atoms with Gasteiger partial charge >= 0.3 is 0 Å². The van der Waals surface area contributed by atoms with E-state index < -0.39 is 0 Å². The van der Waals surface area contributed by atoms with Gasteiger partial charge < -0.3 is 10.1 Å². The molecule has 0 saturated heterocycles. The zero-order valence-corrected chi connectivity index (χ0v) is 13.1. The highest BCUT2D eigenvalue weighted by Crippen LogP contribution is 2.36. The number of ether oxygens (including phenoxy) is 1. The monoisotopic (exact) mass is 302 g/mol. The van der Waals surface area contributed by atoms with Gasteiger partial charge in [-0.05, 0) is 49.4 Å². The highest BCUT2D eigenvalue weighted by atomic mass is 35.5. The summed E-state index contributed by atoms with van der Waals surface area (Å²) in [6.07, 6.45) is 5.22. The topological polar surface area (TPSA) is 34.1 Å². The molecule has 1 heterocycles. The average Bonchev–Trinajstić information content (AvgIpc) is 2.51. The summed E-state index contributed by atoms with van der Waals surface area (Å²) in [5.74, 6) is 0.772. The third kappa shape index (κ3) is 2.84. The van der Waals surface area contributed by atoms with Crippen molar-refractivity contribution in [1.29, 1.82) is 0 Å². The minimum atomic E-state index is 0.226. The lowest BCUT2D eigenvalue weighted by atomic mass is 9.91. The highest BCUT2D eigenvalue weighted by Gasteiger charge is 2.22. The van der Waals surface area contributed by atoms with E-state index in [-0.39, 0.29) is 6.04 Å². The molecule has 1 aliphatic rings. The van der Waals surface area contributed by atoms with Gasteiger partial charge in [0.1, 0.15) is 5.75 Å². The molecule has 0 saturated carbocycles. The molecule has 3 rings (SSSR count). The number of nitrogens with one attached hydrogen (secondary N) is 1. The zero-order chi connectivity index (χ0) is 14.8. The number of methoxy groups -OCH3 is 1.